The van der Waals surface area contributed by atoms with Crippen molar-refractivity contribution >= 4 is 23.2 Å². The molecule has 3 rings (SSSR count). The van der Waals surface area contributed by atoms with E-state index in [-0.39, 0.29) is 12.2 Å². The van der Waals surface area contributed by atoms with Crippen molar-refractivity contribution in [3.63, 3.8) is 0 Å². The molecular weight excluding hydrogens is 333 g/mol. The van der Waals surface area contributed by atoms with Gasteiger partial charge >= 0.3 is 0 Å². The fourth-order valence-corrected chi connectivity index (χ4v) is 2.45. The van der Waals surface area contributed by atoms with Gasteiger partial charge in [-0.25, -0.2) is 4.39 Å². The van der Waals surface area contributed by atoms with Gasteiger partial charge in [-0.1, -0.05) is 23.7 Å². The van der Waals surface area contributed by atoms with Gasteiger partial charge in [-0.15, -0.1) is 0 Å². The highest BCUT2D eigenvalue weighted by molar-refractivity contribution is 6.33. The summed E-state index contributed by atoms with van der Waals surface area (Å²) in [4.78, 5) is 12.2. The Bertz CT molecular complexity index is 891. The first-order chi connectivity index (χ1) is 11.6. The standard InChI is InChI=1S/C18H13ClFNO3/c19-15-7-5-11(9-14(15)17-8-6-12(10-22)24-17)21-18(23)13-3-1-2-4-16(13)20/h1-9,22H,10H2,(H,21,23). The van der Waals surface area contributed by atoms with Crippen LogP contribution in [0.25, 0.3) is 11.3 Å². The molecule has 0 atom stereocenters. The Balaban J connectivity index is 1.88. The number of furan rings is 1. The van der Waals surface area contributed by atoms with Gasteiger partial charge in [0.15, 0.2) is 0 Å². The number of anilines is 1. The van der Waals surface area contributed by atoms with E-state index in [0.29, 0.717) is 27.8 Å². The molecule has 0 bridgehead atoms. The first-order valence-corrected chi connectivity index (χ1v) is 7.51. The van der Waals surface area contributed by atoms with Gasteiger partial charge in [0, 0.05) is 11.3 Å². The summed E-state index contributed by atoms with van der Waals surface area (Å²) in [5, 5.41) is 12.1. The molecule has 1 heterocycles. The van der Waals surface area contributed by atoms with E-state index >= 15 is 0 Å². The van der Waals surface area contributed by atoms with Crippen molar-refractivity contribution in [1.82, 2.24) is 0 Å². The van der Waals surface area contributed by atoms with E-state index in [0.717, 1.165) is 0 Å². The molecular formula is C18H13ClFNO3. The zero-order valence-corrected chi connectivity index (χ0v) is 13.2. The van der Waals surface area contributed by atoms with Crippen LogP contribution in [-0.4, -0.2) is 11.0 Å². The molecule has 0 saturated heterocycles. The molecule has 0 saturated carbocycles. The summed E-state index contributed by atoms with van der Waals surface area (Å²) in [7, 11) is 0. The first-order valence-electron chi connectivity index (χ1n) is 7.14. The van der Waals surface area contributed by atoms with Crippen LogP contribution in [0.2, 0.25) is 5.02 Å². The SMILES string of the molecule is O=C(Nc1ccc(Cl)c(-c2ccc(CO)o2)c1)c1ccccc1F. The van der Waals surface area contributed by atoms with Gasteiger partial charge in [0.1, 0.15) is 23.9 Å². The number of carbonyl (C=O) groups excluding carboxylic acids is 1. The average Bonchev–Trinajstić information content (AvgIpc) is 3.06. The average molecular weight is 346 g/mol. The minimum absolute atomic E-state index is 0.0467. The van der Waals surface area contributed by atoms with Crippen LogP contribution in [-0.2, 0) is 6.61 Å². The van der Waals surface area contributed by atoms with E-state index in [1.807, 2.05) is 0 Å². The van der Waals surface area contributed by atoms with Gasteiger partial charge in [0.2, 0.25) is 0 Å². The lowest BCUT2D eigenvalue weighted by Gasteiger charge is -2.08. The molecule has 1 amide bonds. The van der Waals surface area contributed by atoms with Crippen molar-refractivity contribution in [3.05, 3.63) is 76.8 Å². The van der Waals surface area contributed by atoms with Gasteiger partial charge < -0.3 is 14.8 Å². The number of nitrogens with one attached hydrogen (secondary N) is 1. The van der Waals surface area contributed by atoms with E-state index in [9.17, 15) is 9.18 Å². The molecule has 122 valence electrons. The molecule has 0 radical (unpaired) electrons. The van der Waals surface area contributed by atoms with E-state index < -0.39 is 11.7 Å². The Kier molecular flexibility index (Phi) is 4.64. The molecule has 2 N–H and O–H groups in total. The lowest BCUT2D eigenvalue weighted by atomic mass is 10.1. The van der Waals surface area contributed by atoms with Crippen LogP contribution in [0.1, 0.15) is 16.1 Å². The summed E-state index contributed by atoms with van der Waals surface area (Å²) in [6, 6.07) is 13.9. The Labute approximate surface area is 142 Å². The number of hydrogen-bond donors (Lipinski definition) is 2. The van der Waals surface area contributed by atoms with E-state index in [1.54, 1.807) is 36.4 Å². The topological polar surface area (TPSA) is 62.5 Å². The highest BCUT2D eigenvalue weighted by Gasteiger charge is 2.14. The maximum Gasteiger partial charge on any atom is 0.258 e. The number of hydrogen-bond acceptors (Lipinski definition) is 3. The van der Waals surface area contributed by atoms with Gasteiger partial charge in [0.05, 0.1) is 10.6 Å². The van der Waals surface area contributed by atoms with Crippen LogP contribution in [0.5, 0.6) is 0 Å². The molecule has 0 aliphatic rings. The summed E-state index contributed by atoms with van der Waals surface area (Å²) in [5.41, 5.74) is 0.960. The van der Waals surface area contributed by atoms with Crippen LogP contribution in [0.3, 0.4) is 0 Å². The fourth-order valence-electron chi connectivity index (χ4n) is 2.24. The Morgan fingerprint density at radius 1 is 1.17 bits per heavy atom. The number of benzene rings is 2. The third-order valence-electron chi connectivity index (χ3n) is 3.43. The fraction of sp³-hybridized carbons (Fsp3) is 0.0556. The van der Waals surface area contributed by atoms with Crippen molar-refractivity contribution < 1.29 is 18.7 Å². The number of carbonyl (C=O) groups is 1. The third-order valence-corrected chi connectivity index (χ3v) is 3.76. The Morgan fingerprint density at radius 2 is 1.96 bits per heavy atom. The van der Waals surface area contributed by atoms with E-state index in [1.165, 1.54) is 18.2 Å². The molecule has 0 fully saturated rings. The summed E-state index contributed by atoms with van der Waals surface area (Å²) in [6.45, 7) is -0.221. The highest BCUT2D eigenvalue weighted by atomic mass is 35.5. The third kappa shape index (κ3) is 3.32. The highest BCUT2D eigenvalue weighted by Crippen LogP contribution is 2.32. The molecule has 2 aromatic carbocycles. The van der Waals surface area contributed by atoms with Crippen LogP contribution < -0.4 is 5.32 Å². The number of halogens is 2. The summed E-state index contributed by atoms with van der Waals surface area (Å²) in [5.74, 6) is -0.285. The largest absolute Gasteiger partial charge is 0.459 e. The smallest absolute Gasteiger partial charge is 0.258 e. The Morgan fingerprint density at radius 3 is 2.67 bits per heavy atom. The minimum Gasteiger partial charge on any atom is -0.459 e. The number of aliphatic hydroxyl groups is 1. The second kappa shape index (κ2) is 6.86. The molecule has 6 heteroatoms. The monoisotopic (exact) mass is 345 g/mol. The molecule has 0 aliphatic carbocycles. The lowest BCUT2D eigenvalue weighted by Crippen LogP contribution is -2.13. The molecule has 4 nitrogen and oxygen atoms in total. The van der Waals surface area contributed by atoms with E-state index in [4.69, 9.17) is 21.1 Å². The van der Waals surface area contributed by atoms with E-state index in [2.05, 4.69) is 5.32 Å². The van der Waals surface area contributed by atoms with Crippen molar-refractivity contribution in [2.45, 2.75) is 6.61 Å². The lowest BCUT2D eigenvalue weighted by molar-refractivity contribution is 0.102. The predicted molar refractivity (Wildman–Crippen MR) is 89.4 cm³/mol. The Hall–Kier alpha value is -2.63. The zero-order chi connectivity index (χ0) is 17.1. The van der Waals surface area contributed by atoms with Crippen molar-refractivity contribution in [1.29, 1.82) is 0 Å². The molecule has 24 heavy (non-hydrogen) atoms. The van der Waals surface area contributed by atoms with Crippen molar-refractivity contribution in [3.8, 4) is 11.3 Å². The van der Waals surface area contributed by atoms with Gasteiger partial charge in [0.25, 0.3) is 5.91 Å². The quantitative estimate of drug-likeness (QED) is 0.732. The summed E-state index contributed by atoms with van der Waals surface area (Å²) < 4.78 is 19.1. The molecule has 0 unspecified atom stereocenters. The van der Waals surface area contributed by atoms with Crippen molar-refractivity contribution in [2.75, 3.05) is 5.32 Å². The predicted octanol–water partition coefficient (Wildman–Crippen LogP) is 4.48. The molecule has 0 spiro atoms. The summed E-state index contributed by atoms with van der Waals surface area (Å²) >= 11 is 6.17. The van der Waals surface area contributed by atoms with Gasteiger partial charge in [-0.05, 0) is 42.5 Å². The number of rotatable bonds is 4. The molecule has 0 aliphatic heterocycles. The molecule has 1 aromatic heterocycles. The number of amides is 1. The van der Waals surface area contributed by atoms with Gasteiger partial charge in [-0.3, -0.25) is 4.79 Å². The maximum atomic E-state index is 13.7. The van der Waals surface area contributed by atoms with Crippen LogP contribution >= 0.6 is 11.6 Å². The van der Waals surface area contributed by atoms with Crippen LogP contribution in [0.4, 0.5) is 10.1 Å². The van der Waals surface area contributed by atoms with Crippen LogP contribution in [0, 0.1) is 5.82 Å². The van der Waals surface area contributed by atoms with Crippen LogP contribution in [0.15, 0.2) is 59.0 Å². The maximum absolute atomic E-state index is 13.7. The zero-order valence-electron chi connectivity index (χ0n) is 12.4. The summed E-state index contributed by atoms with van der Waals surface area (Å²) in [6.07, 6.45) is 0. The molecule has 3 aromatic rings. The first kappa shape index (κ1) is 16.2. The minimum atomic E-state index is -0.595. The second-order valence-electron chi connectivity index (χ2n) is 5.05. The van der Waals surface area contributed by atoms with Crippen molar-refractivity contribution in [2.24, 2.45) is 0 Å². The second-order valence-corrected chi connectivity index (χ2v) is 5.46. The van der Waals surface area contributed by atoms with Gasteiger partial charge in [-0.2, -0.15) is 0 Å². The number of aliphatic hydroxyl groups excluding tert-OH is 1. The normalized spacial score (nSPS) is 10.6.